The number of amides is 3. The van der Waals surface area contributed by atoms with E-state index in [1.807, 2.05) is 48.5 Å². The van der Waals surface area contributed by atoms with E-state index in [-0.39, 0.29) is 42.9 Å². The Hall–Kier alpha value is -4.18. The number of furan rings is 1. The molecule has 1 unspecified atom stereocenters. The van der Waals surface area contributed by atoms with Crippen LogP contribution in [0.1, 0.15) is 49.5 Å². The quantitative estimate of drug-likeness (QED) is 0.399. The third-order valence-electron chi connectivity index (χ3n) is 6.49. The first kappa shape index (κ1) is 26.4. The number of carbonyl (C=O) groups is 3. The van der Waals surface area contributed by atoms with Gasteiger partial charge in [-0.05, 0) is 54.3 Å². The zero-order valence-electron chi connectivity index (χ0n) is 21.7. The van der Waals surface area contributed by atoms with Gasteiger partial charge in [-0.1, -0.05) is 49.9 Å². The van der Waals surface area contributed by atoms with E-state index in [0.717, 1.165) is 11.3 Å². The average Bonchev–Trinajstić information content (AvgIpc) is 3.57. The number of nitrogens with one attached hydrogen (secondary N) is 2. The van der Waals surface area contributed by atoms with Gasteiger partial charge in [-0.15, -0.1) is 0 Å². The first-order chi connectivity index (χ1) is 18.9. The van der Waals surface area contributed by atoms with Gasteiger partial charge in [0.25, 0.3) is 5.91 Å². The molecule has 3 amide bonds. The molecule has 200 valence electrons. The lowest BCUT2D eigenvalue weighted by molar-refractivity contribution is -0.122. The van der Waals surface area contributed by atoms with Gasteiger partial charge in [0.15, 0.2) is 5.17 Å². The summed E-state index contributed by atoms with van der Waals surface area (Å²) in [6.07, 6.45) is 1.93. The molecule has 9 nitrogen and oxygen atoms in total. The molecule has 5 rings (SSSR count). The second-order valence-corrected chi connectivity index (χ2v) is 10.5. The third-order valence-corrected chi connectivity index (χ3v) is 7.44. The van der Waals surface area contributed by atoms with Crippen molar-refractivity contribution in [1.29, 1.82) is 0 Å². The third kappa shape index (κ3) is 6.12. The van der Waals surface area contributed by atoms with E-state index < -0.39 is 6.04 Å². The fourth-order valence-electron chi connectivity index (χ4n) is 4.41. The first-order valence-corrected chi connectivity index (χ1v) is 13.8. The summed E-state index contributed by atoms with van der Waals surface area (Å²) in [5.41, 5.74) is 3.35. The van der Waals surface area contributed by atoms with Crippen LogP contribution in [-0.4, -0.2) is 45.4 Å². The van der Waals surface area contributed by atoms with Crippen LogP contribution in [0.2, 0.25) is 0 Å². The summed E-state index contributed by atoms with van der Waals surface area (Å²) >= 11 is 1.24. The number of rotatable bonds is 9. The molecule has 2 aliphatic rings. The number of amidine groups is 2. The molecule has 0 fully saturated rings. The smallest absolute Gasteiger partial charge is 0.270 e. The van der Waals surface area contributed by atoms with Crippen LogP contribution < -0.4 is 10.6 Å². The molecule has 0 radical (unpaired) electrons. The minimum Gasteiger partial charge on any atom is -0.467 e. The average molecular weight is 544 g/mol. The number of anilines is 1. The number of thioether (sulfide) groups is 1. The largest absolute Gasteiger partial charge is 0.467 e. The van der Waals surface area contributed by atoms with Gasteiger partial charge in [-0.25, -0.2) is 4.99 Å². The number of carbonyl (C=O) groups excluding carboxylic acids is 3. The maximum atomic E-state index is 13.0. The maximum absolute atomic E-state index is 13.0. The number of aliphatic imine (C=N–C) groups is 2. The van der Waals surface area contributed by atoms with Gasteiger partial charge < -0.3 is 15.1 Å². The summed E-state index contributed by atoms with van der Waals surface area (Å²) in [5, 5.41) is 6.23. The topological polar surface area (TPSA) is 116 Å². The molecular weight excluding hydrogens is 514 g/mol. The number of hydrogen-bond acceptors (Lipinski definition) is 7. The Morgan fingerprint density at radius 2 is 1.82 bits per heavy atom. The summed E-state index contributed by atoms with van der Waals surface area (Å²) < 4.78 is 5.25. The molecule has 39 heavy (non-hydrogen) atoms. The van der Waals surface area contributed by atoms with Crippen LogP contribution in [0.4, 0.5) is 11.4 Å². The standard InChI is InChI=1S/C29H29N5O4S/c1-18(2)19-9-11-20(12-10-19)31-26(36)17-39-29-32-23-8-4-3-7-22(23)27-33-28(37)24(34(27)29)13-14-25(35)30-16-21-6-5-15-38-21/h3-12,15,18,24H,13-14,16-17H2,1-2H3,(H,30,35)(H,31,36). The molecule has 0 saturated heterocycles. The van der Waals surface area contributed by atoms with Crippen LogP contribution in [0.25, 0.3) is 0 Å². The highest BCUT2D eigenvalue weighted by Crippen LogP contribution is 2.35. The zero-order valence-corrected chi connectivity index (χ0v) is 22.5. The van der Waals surface area contributed by atoms with Crippen molar-refractivity contribution in [3.05, 3.63) is 83.8 Å². The monoisotopic (exact) mass is 543 g/mol. The summed E-state index contributed by atoms with van der Waals surface area (Å²) in [5.74, 6) is 0.949. The van der Waals surface area contributed by atoms with E-state index in [9.17, 15) is 14.4 Å². The lowest BCUT2D eigenvalue weighted by Gasteiger charge is -2.31. The Morgan fingerprint density at radius 1 is 1.03 bits per heavy atom. The Labute approximate surface area is 230 Å². The normalized spacial score (nSPS) is 15.9. The van der Waals surface area contributed by atoms with Crippen LogP contribution in [0, 0.1) is 0 Å². The molecule has 2 N–H and O–H groups in total. The Morgan fingerprint density at radius 3 is 2.56 bits per heavy atom. The van der Waals surface area contributed by atoms with Crippen molar-refractivity contribution in [3.63, 3.8) is 0 Å². The lowest BCUT2D eigenvalue weighted by atomic mass is 10.0. The Kier molecular flexibility index (Phi) is 7.92. The zero-order chi connectivity index (χ0) is 27.4. The van der Waals surface area contributed by atoms with Crippen LogP contribution in [-0.2, 0) is 20.9 Å². The highest BCUT2D eigenvalue weighted by Gasteiger charge is 2.41. The van der Waals surface area contributed by atoms with Crippen molar-refractivity contribution < 1.29 is 18.8 Å². The molecule has 3 heterocycles. The van der Waals surface area contributed by atoms with Crippen molar-refractivity contribution in [1.82, 2.24) is 10.2 Å². The van der Waals surface area contributed by atoms with E-state index >= 15 is 0 Å². The van der Waals surface area contributed by atoms with Gasteiger partial charge in [0.05, 0.1) is 24.2 Å². The molecular formula is C29H29N5O4S. The first-order valence-electron chi connectivity index (χ1n) is 12.8. The van der Waals surface area contributed by atoms with E-state index in [2.05, 4.69) is 29.5 Å². The summed E-state index contributed by atoms with van der Waals surface area (Å²) in [4.78, 5) is 49.1. The molecule has 0 spiro atoms. The van der Waals surface area contributed by atoms with Crippen LogP contribution in [0.3, 0.4) is 0 Å². The van der Waals surface area contributed by atoms with Gasteiger partial charge >= 0.3 is 0 Å². The molecule has 0 bridgehead atoms. The second-order valence-electron chi connectivity index (χ2n) is 9.58. The van der Waals surface area contributed by atoms with Crippen LogP contribution >= 0.6 is 11.8 Å². The van der Waals surface area contributed by atoms with E-state index in [0.29, 0.717) is 28.4 Å². The number of benzene rings is 2. The van der Waals surface area contributed by atoms with Crippen molar-refractivity contribution in [3.8, 4) is 0 Å². The van der Waals surface area contributed by atoms with Gasteiger partial charge in [0, 0.05) is 17.7 Å². The second kappa shape index (κ2) is 11.7. The molecule has 1 aromatic heterocycles. The lowest BCUT2D eigenvalue weighted by Crippen LogP contribution is -2.44. The summed E-state index contributed by atoms with van der Waals surface area (Å²) in [7, 11) is 0. The van der Waals surface area contributed by atoms with Gasteiger partial charge in [-0.2, -0.15) is 4.99 Å². The fourth-order valence-corrected chi connectivity index (χ4v) is 5.26. The van der Waals surface area contributed by atoms with Crippen molar-refractivity contribution in [2.24, 2.45) is 9.98 Å². The molecule has 2 aromatic carbocycles. The van der Waals surface area contributed by atoms with Crippen LogP contribution in [0.5, 0.6) is 0 Å². The van der Waals surface area contributed by atoms with Gasteiger partial charge in [0.1, 0.15) is 17.6 Å². The number of para-hydroxylation sites is 1. The fraction of sp³-hybridized carbons (Fsp3) is 0.276. The van der Waals surface area contributed by atoms with Gasteiger partial charge in [0.2, 0.25) is 11.8 Å². The van der Waals surface area contributed by atoms with E-state index in [1.54, 1.807) is 23.3 Å². The molecule has 0 aliphatic carbocycles. The highest BCUT2D eigenvalue weighted by atomic mass is 32.2. The molecule has 1 atom stereocenters. The number of nitrogens with zero attached hydrogens (tertiary/aromatic N) is 3. The summed E-state index contributed by atoms with van der Waals surface area (Å²) in [6.45, 7) is 4.52. The molecule has 10 heteroatoms. The van der Waals surface area contributed by atoms with Gasteiger partial charge in [-0.3, -0.25) is 19.3 Å². The molecule has 0 saturated carbocycles. The summed E-state index contributed by atoms with van der Waals surface area (Å²) in [6, 6.07) is 18.1. The Bertz CT molecular complexity index is 1430. The number of hydrogen-bond donors (Lipinski definition) is 2. The molecule has 2 aliphatic heterocycles. The predicted molar refractivity (Wildman–Crippen MR) is 152 cm³/mol. The minimum absolute atomic E-state index is 0.0985. The predicted octanol–water partition coefficient (Wildman–Crippen LogP) is 4.83. The van der Waals surface area contributed by atoms with E-state index in [1.165, 1.54) is 17.3 Å². The van der Waals surface area contributed by atoms with Crippen molar-refractivity contribution in [2.75, 3.05) is 11.1 Å². The SMILES string of the molecule is CC(C)c1ccc(NC(=O)CSC2=Nc3ccccc3C3=NC(=O)C(CCC(=O)NCc4ccco4)N23)cc1. The maximum Gasteiger partial charge on any atom is 0.270 e. The minimum atomic E-state index is -0.680. The van der Waals surface area contributed by atoms with Crippen molar-refractivity contribution in [2.45, 2.75) is 45.2 Å². The van der Waals surface area contributed by atoms with E-state index in [4.69, 9.17) is 9.41 Å². The Balaban J connectivity index is 1.26. The van der Waals surface area contributed by atoms with Crippen LogP contribution in [0.15, 0.2) is 81.3 Å². The highest BCUT2D eigenvalue weighted by molar-refractivity contribution is 8.14. The molecule has 3 aromatic rings. The number of fused-ring (bicyclic) bond motifs is 3. The van der Waals surface area contributed by atoms with Crippen molar-refractivity contribution >= 4 is 51.9 Å².